The van der Waals surface area contributed by atoms with E-state index in [1.54, 1.807) is 17.8 Å². The molecule has 1 unspecified atom stereocenters. The fourth-order valence-electron chi connectivity index (χ4n) is 1.84. The lowest BCUT2D eigenvalue weighted by Gasteiger charge is -2.28. The highest BCUT2D eigenvalue weighted by molar-refractivity contribution is 8.13. The van der Waals surface area contributed by atoms with Gasteiger partial charge in [-0.1, -0.05) is 54.9 Å². The molecule has 2 rings (SSSR count). The summed E-state index contributed by atoms with van der Waals surface area (Å²) < 4.78 is 0. The normalized spacial score (nSPS) is 19.7. The number of hydrogen-bond donors (Lipinski definition) is 1. The molecule has 5 heteroatoms. The molecule has 0 amide bonds. The van der Waals surface area contributed by atoms with Crippen LogP contribution in [0.2, 0.25) is 10.0 Å². The molecule has 0 bridgehead atoms. The number of hydrogen-bond acceptors (Lipinski definition) is 3. The van der Waals surface area contributed by atoms with E-state index in [1.165, 1.54) is 0 Å². The topological polar surface area (TPSA) is 24.4 Å². The maximum atomic E-state index is 6.22. The molecule has 2 nitrogen and oxygen atoms in total. The highest BCUT2D eigenvalue weighted by atomic mass is 35.5. The molecule has 0 aromatic heterocycles. The van der Waals surface area contributed by atoms with Gasteiger partial charge < -0.3 is 5.32 Å². The molecular formula is C14H18Cl2N2S. The number of benzene rings is 1. The summed E-state index contributed by atoms with van der Waals surface area (Å²) in [5.74, 6) is 1.08. The lowest BCUT2D eigenvalue weighted by molar-refractivity contribution is 0.436. The predicted octanol–water partition coefficient (Wildman–Crippen LogP) is 4.77. The number of amidine groups is 1. The van der Waals surface area contributed by atoms with Crippen molar-refractivity contribution < 1.29 is 0 Å². The average molecular weight is 317 g/mol. The minimum Gasteiger partial charge on any atom is -0.358 e. The van der Waals surface area contributed by atoms with Crippen LogP contribution in [0.25, 0.3) is 0 Å². The third kappa shape index (κ3) is 4.04. The van der Waals surface area contributed by atoms with E-state index in [1.807, 2.05) is 12.1 Å². The van der Waals surface area contributed by atoms with Crippen molar-refractivity contribution in [3.63, 3.8) is 0 Å². The molecule has 1 aliphatic heterocycles. The first-order valence-corrected chi connectivity index (χ1v) is 8.00. The number of thioether (sulfide) groups is 1. The first-order valence-electron chi connectivity index (χ1n) is 6.26. The Morgan fingerprint density at radius 1 is 1.37 bits per heavy atom. The molecular weight excluding hydrogens is 299 g/mol. The molecule has 0 saturated carbocycles. The van der Waals surface area contributed by atoms with Crippen molar-refractivity contribution in [2.24, 2.45) is 10.4 Å². The molecule has 1 aromatic carbocycles. The van der Waals surface area contributed by atoms with Gasteiger partial charge in [-0.3, -0.25) is 4.99 Å². The molecule has 1 aromatic rings. The second kappa shape index (κ2) is 5.94. The van der Waals surface area contributed by atoms with Crippen molar-refractivity contribution in [3.05, 3.63) is 33.8 Å². The van der Waals surface area contributed by atoms with Gasteiger partial charge in [0.25, 0.3) is 0 Å². The van der Waals surface area contributed by atoms with Crippen LogP contribution in [-0.4, -0.2) is 17.5 Å². The Balaban J connectivity index is 2.05. The third-order valence-electron chi connectivity index (χ3n) is 3.02. The van der Waals surface area contributed by atoms with Gasteiger partial charge in [-0.05, 0) is 30.0 Å². The van der Waals surface area contributed by atoms with Gasteiger partial charge in [0, 0.05) is 22.3 Å². The fourth-order valence-corrected chi connectivity index (χ4v) is 3.45. The highest BCUT2D eigenvalue weighted by Crippen LogP contribution is 2.30. The maximum Gasteiger partial charge on any atom is 0.157 e. The Morgan fingerprint density at radius 2 is 2.11 bits per heavy atom. The van der Waals surface area contributed by atoms with Crippen LogP contribution in [0, 0.1) is 5.41 Å². The molecule has 1 N–H and O–H groups in total. The van der Waals surface area contributed by atoms with Gasteiger partial charge in [0.05, 0.1) is 6.04 Å². The van der Waals surface area contributed by atoms with Gasteiger partial charge in [-0.2, -0.15) is 0 Å². The van der Waals surface area contributed by atoms with E-state index in [9.17, 15) is 0 Å². The zero-order valence-electron chi connectivity index (χ0n) is 11.3. The van der Waals surface area contributed by atoms with E-state index < -0.39 is 0 Å². The number of nitrogens with one attached hydrogen (secondary N) is 1. The summed E-state index contributed by atoms with van der Waals surface area (Å²) in [5, 5.41) is 5.77. The second-order valence-corrected chi connectivity index (χ2v) is 7.41. The molecule has 1 aliphatic rings. The number of rotatable bonds is 2. The summed E-state index contributed by atoms with van der Waals surface area (Å²) in [6.45, 7) is 7.42. The predicted molar refractivity (Wildman–Crippen MR) is 86.6 cm³/mol. The molecule has 0 aliphatic carbocycles. The van der Waals surface area contributed by atoms with Crippen molar-refractivity contribution in [2.75, 3.05) is 12.3 Å². The van der Waals surface area contributed by atoms with E-state index >= 15 is 0 Å². The first kappa shape index (κ1) is 15.0. The molecule has 0 saturated heterocycles. The summed E-state index contributed by atoms with van der Waals surface area (Å²) in [7, 11) is 0. The lowest BCUT2D eigenvalue weighted by atomic mass is 9.97. The average Bonchev–Trinajstić information content (AvgIpc) is 2.31. The SMILES string of the molecule is CC(NC1=NCC(C)(C)CS1)c1ccc(Cl)cc1Cl. The van der Waals surface area contributed by atoms with E-state index in [-0.39, 0.29) is 11.5 Å². The van der Waals surface area contributed by atoms with Crippen LogP contribution in [0.3, 0.4) is 0 Å². The fraction of sp³-hybridized carbons (Fsp3) is 0.500. The Kier molecular flexibility index (Phi) is 4.70. The van der Waals surface area contributed by atoms with Crippen LogP contribution in [-0.2, 0) is 0 Å². The van der Waals surface area contributed by atoms with Crippen LogP contribution in [0.4, 0.5) is 0 Å². The van der Waals surface area contributed by atoms with E-state index in [0.717, 1.165) is 23.0 Å². The molecule has 0 radical (unpaired) electrons. The van der Waals surface area contributed by atoms with Crippen LogP contribution in [0.5, 0.6) is 0 Å². The van der Waals surface area contributed by atoms with Crippen LogP contribution < -0.4 is 5.32 Å². The van der Waals surface area contributed by atoms with Crippen molar-refractivity contribution in [1.82, 2.24) is 5.32 Å². The summed E-state index contributed by atoms with van der Waals surface area (Å²) in [4.78, 5) is 4.59. The van der Waals surface area contributed by atoms with E-state index in [2.05, 4.69) is 31.1 Å². The second-order valence-electron chi connectivity index (χ2n) is 5.61. The number of nitrogens with zero attached hydrogens (tertiary/aromatic N) is 1. The zero-order valence-corrected chi connectivity index (χ0v) is 13.7. The largest absolute Gasteiger partial charge is 0.358 e. The van der Waals surface area contributed by atoms with Crippen LogP contribution in [0.1, 0.15) is 32.4 Å². The zero-order chi connectivity index (χ0) is 14.0. The van der Waals surface area contributed by atoms with Crippen molar-refractivity contribution in [1.29, 1.82) is 0 Å². The van der Waals surface area contributed by atoms with Gasteiger partial charge in [-0.25, -0.2) is 0 Å². The summed E-state index contributed by atoms with van der Waals surface area (Å²) >= 11 is 13.9. The third-order valence-corrected chi connectivity index (χ3v) is 5.03. The Bertz CT molecular complexity index is 500. The number of halogens is 2. The Hall–Kier alpha value is -0.380. The van der Waals surface area contributed by atoms with Gasteiger partial charge in [0.15, 0.2) is 5.17 Å². The Labute approximate surface area is 129 Å². The van der Waals surface area contributed by atoms with E-state index in [0.29, 0.717) is 10.0 Å². The molecule has 1 heterocycles. The van der Waals surface area contributed by atoms with E-state index in [4.69, 9.17) is 23.2 Å². The highest BCUT2D eigenvalue weighted by Gasteiger charge is 2.24. The maximum absolute atomic E-state index is 6.22. The van der Waals surface area contributed by atoms with Gasteiger partial charge in [-0.15, -0.1) is 0 Å². The van der Waals surface area contributed by atoms with Gasteiger partial charge >= 0.3 is 0 Å². The smallest absolute Gasteiger partial charge is 0.157 e. The van der Waals surface area contributed by atoms with Gasteiger partial charge in [0.2, 0.25) is 0 Å². The molecule has 0 fully saturated rings. The number of aliphatic imine (C=N–C) groups is 1. The monoisotopic (exact) mass is 316 g/mol. The van der Waals surface area contributed by atoms with Crippen LogP contribution >= 0.6 is 35.0 Å². The summed E-state index contributed by atoms with van der Waals surface area (Å²) in [6.07, 6.45) is 0. The first-order chi connectivity index (χ1) is 8.87. The molecule has 1 atom stereocenters. The van der Waals surface area contributed by atoms with Crippen molar-refractivity contribution in [2.45, 2.75) is 26.8 Å². The Morgan fingerprint density at radius 3 is 2.68 bits per heavy atom. The summed E-state index contributed by atoms with van der Waals surface area (Å²) in [5.41, 5.74) is 1.33. The quantitative estimate of drug-likeness (QED) is 0.849. The van der Waals surface area contributed by atoms with Gasteiger partial charge in [0.1, 0.15) is 0 Å². The molecule has 0 spiro atoms. The summed E-state index contributed by atoms with van der Waals surface area (Å²) in [6, 6.07) is 5.72. The molecule has 104 valence electrons. The lowest BCUT2D eigenvalue weighted by Crippen LogP contribution is -2.32. The molecule has 19 heavy (non-hydrogen) atoms. The van der Waals surface area contributed by atoms with Crippen molar-refractivity contribution in [3.8, 4) is 0 Å². The van der Waals surface area contributed by atoms with Crippen LogP contribution in [0.15, 0.2) is 23.2 Å². The van der Waals surface area contributed by atoms with Crippen molar-refractivity contribution >= 4 is 40.1 Å². The minimum absolute atomic E-state index is 0.122. The standard InChI is InChI=1S/C14H18Cl2N2S/c1-9(11-5-4-10(15)6-12(11)16)18-13-17-7-14(2,3)8-19-13/h4-6,9H,7-8H2,1-3H3,(H,17,18). The minimum atomic E-state index is 0.122.